The molecule has 1 saturated carbocycles. The number of piperazine rings is 1. The van der Waals surface area contributed by atoms with Crippen LogP contribution in [0.15, 0.2) is 0 Å². The summed E-state index contributed by atoms with van der Waals surface area (Å²) in [5.74, 6) is -4.47. The summed E-state index contributed by atoms with van der Waals surface area (Å²) in [5, 5.41) is 12.0. The van der Waals surface area contributed by atoms with Gasteiger partial charge in [-0.05, 0) is 12.8 Å². The maximum atomic E-state index is 13.1. The van der Waals surface area contributed by atoms with Crippen molar-refractivity contribution in [2.45, 2.75) is 37.6 Å². The highest BCUT2D eigenvalue weighted by molar-refractivity contribution is 5.85. The summed E-state index contributed by atoms with van der Waals surface area (Å²) < 4.78 is 26.1. The van der Waals surface area contributed by atoms with Crippen LogP contribution >= 0.6 is 0 Å². The molecule has 1 heterocycles. The standard InChI is InChI=1S/C12H18F2N2O3/c13-12(14)3-1-8(2-4-12)10(17)16-6-5-15-7-9(16)11(18)19/h8-9,15H,1-7H2,(H,18,19). The molecule has 2 rings (SSSR count). The molecule has 2 N–H and O–H groups in total. The Morgan fingerprint density at radius 2 is 1.89 bits per heavy atom. The van der Waals surface area contributed by atoms with Gasteiger partial charge < -0.3 is 15.3 Å². The predicted octanol–water partition coefficient (Wildman–Crippen LogP) is 0.697. The molecule has 2 aliphatic rings. The highest BCUT2D eigenvalue weighted by Crippen LogP contribution is 2.37. The van der Waals surface area contributed by atoms with E-state index in [1.165, 1.54) is 4.90 Å². The van der Waals surface area contributed by atoms with Crippen LogP contribution in [0.2, 0.25) is 0 Å². The number of carboxylic acids is 1. The van der Waals surface area contributed by atoms with Crippen LogP contribution in [0.1, 0.15) is 25.7 Å². The Bertz CT molecular complexity index is 366. The Labute approximate surface area is 109 Å². The van der Waals surface area contributed by atoms with Gasteiger partial charge in [-0.2, -0.15) is 0 Å². The molecule has 5 nitrogen and oxygen atoms in total. The van der Waals surface area contributed by atoms with E-state index >= 15 is 0 Å². The Hall–Kier alpha value is -1.24. The quantitative estimate of drug-likeness (QED) is 0.779. The van der Waals surface area contributed by atoms with Crippen LogP contribution in [0, 0.1) is 5.92 Å². The van der Waals surface area contributed by atoms with Crippen LogP contribution < -0.4 is 5.32 Å². The molecule has 1 saturated heterocycles. The van der Waals surface area contributed by atoms with E-state index in [1.54, 1.807) is 0 Å². The van der Waals surface area contributed by atoms with Crippen molar-refractivity contribution in [3.63, 3.8) is 0 Å². The minimum atomic E-state index is -2.67. The van der Waals surface area contributed by atoms with Crippen molar-refractivity contribution in [3.8, 4) is 0 Å². The van der Waals surface area contributed by atoms with E-state index in [0.29, 0.717) is 13.1 Å². The van der Waals surface area contributed by atoms with Gasteiger partial charge in [-0.1, -0.05) is 0 Å². The zero-order chi connectivity index (χ0) is 14.0. The third kappa shape index (κ3) is 3.20. The minimum Gasteiger partial charge on any atom is -0.480 e. The molecule has 19 heavy (non-hydrogen) atoms. The average molecular weight is 276 g/mol. The number of amides is 1. The number of carboxylic acid groups (broad SMARTS) is 1. The van der Waals surface area contributed by atoms with Gasteiger partial charge in [0.15, 0.2) is 0 Å². The Balaban J connectivity index is 2.00. The third-order valence-electron chi connectivity index (χ3n) is 3.88. The van der Waals surface area contributed by atoms with Gasteiger partial charge in [-0.3, -0.25) is 4.79 Å². The van der Waals surface area contributed by atoms with Crippen molar-refractivity contribution in [1.82, 2.24) is 10.2 Å². The molecule has 0 aromatic heterocycles. The predicted molar refractivity (Wildman–Crippen MR) is 62.9 cm³/mol. The lowest BCUT2D eigenvalue weighted by molar-refractivity contribution is -0.155. The fourth-order valence-corrected chi connectivity index (χ4v) is 2.71. The summed E-state index contributed by atoms with van der Waals surface area (Å²) in [6.45, 7) is 1.07. The molecule has 1 aliphatic carbocycles. The van der Waals surface area contributed by atoms with Crippen molar-refractivity contribution in [1.29, 1.82) is 0 Å². The monoisotopic (exact) mass is 276 g/mol. The van der Waals surface area contributed by atoms with Gasteiger partial charge >= 0.3 is 5.97 Å². The molecule has 7 heteroatoms. The number of carbonyl (C=O) groups is 2. The van der Waals surface area contributed by atoms with Crippen LogP contribution in [-0.4, -0.2) is 53.5 Å². The van der Waals surface area contributed by atoms with Gasteiger partial charge in [0.1, 0.15) is 6.04 Å². The average Bonchev–Trinajstić information content (AvgIpc) is 2.38. The molecule has 0 aromatic carbocycles. The lowest BCUT2D eigenvalue weighted by Gasteiger charge is -2.37. The first-order valence-corrected chi connectivity index (χ1v) is 6.52. The first-order valence-electron chi connectivity index (χ1n) is 6.52. The molecular formula is C12H18F2N2O3. The van der Waals surface area contributed by atoms with Gasteiger partial charge in [-0.15, -0.1) is 0 Å². The largest absolute Gasteiger partial charge is 0.480 e. The van der Waals surface area contributed by atoms with Gasteiger partial charge in [0.2, 0.25) is 11.8 Å². The molecule has 1 unspecified atom stereocenters. The first kappa shape index (κ1) is 14.2. The van der Waals surface area contributed by atoms with Crippen molar-refractivity contribution in [2.24, 2.45) is 5.92 Å². The Morgan fingerprint density at radius 3 is 2.47 bits per heavy atom. The van der Waals surface area contributed by atoms with Gasteiger partial charge in [0.05, 0.1) is 0 Å². The molecule has 108 valence electrons. The fourth-order valence-electron chi connectivity index (χ4n) is 2.71. The molecular weight excluding hydrogens is 258 g/mol. The van der Waals surface area contributed by atoms with E-state index in [2.05, 4.69) is 5.32 Å². The van der Waals surface area contributed by atoms with E-state index in [0.717, 1.165) is 0 Å². The lowest BCUT2D eigenvalue weighted by atomic mass is 9.85. The minimum absolute atomic E-state index is 0.141. The van der Waals surface area contributed by atoms with Crippen molar-refractivity contribution >= 4 is 11.9 Å². The fraction of sp³-hybridized carbons (Fsp3) is 0.833. The van der Waals surface area contributed by atoms with Crippen LogP contribution in [0.4, 0.5) is 8.78 Å². The third-order valence-corrected chi connectivity index (χ3v) is 3.88. The molecule has 1 amide bonds. The molecule has 2 fully saturated rings. The van der Waals surface area contributed by atoms with E-state index in [1.807, 2.05) is 0 Å². The summed E-state index contributed by atoms with van der Waals surface area (Å²) >= 11 is 0. The highest BCUT2D eigenvalue weighted by Gasteiger charge is 2.41. The second kappa shape index (κ2) is 5.40. The lowest BCUT2D eigenvalue weighted by Crippen LogP contribution is -2.58. The second-order valence-electron chi connectivity index (χ2n) is 5.22. The van der Waals surface area contributed by atoms with E-state index in [4.69, 9.17) is 5.11 Å². The number of hydrogen-bond acceptors (Lipinski definition) is 3. The summed E-state index contributed by atoms with van der Waals surface area (Å²) in [5.41, 5.74) is 0. The van der Waals surface area contributed by atoms with E-state index in [9.17, 15) is 18.4 Å². The molecule has 0 spiro atoms. The summed E-state index contributed by atoms with van der Waals surface area (Å²) in [4.78, 5) is 24.7. The molecule has 1 atom stereocenters. The maximum Gasteiger partial charge on any atom is 0.327 e. The van der Waals surface area contributed by atoms with Crippen LogP contribution in [-0.2, 0) is 9.59 Å². The Kier molecular flexibility index (Phi) is 4.03. The number of alkyl halides is 2. The van der Waals surface area contributed by atoms with Crippen LogP contribution in [0.5, 0.6) is 0 Å². The number of rotatable bonds is 2. The zero-order valence-electron chi connectivity index (χ0n) is 10.6. The van der Waals surface area contributed by atoms with Crippen molar-refractivity contribution in [2.75, 3.05) is 19.6 Å². The van der Waals surface area contributed by atoms with Crippen LogP contribution in [0.3, 0.4) is 0 Å². The summed E-state index contributed by atoms with van der Waals surface area (Å²) in [6, 6.07) is -0.885. The Morgan fingerprint density at radius 1 is 1.26 bits per heavy atom. The first-order chi connectivity index (χ1) is 8.91. The molecule has 0 bridgehead atoms. The molecule has 0 aromatic rings. The molecule has 0 radical (unpaired) electrons. The topological polar surface area (TPSA) is 69.6 Å². The number of nitrogens with zero attached hydrogens (tertiary/aromatic N) is 1. The summed E-state index contributed by atoms with van der Waals surface area (Å²) in [7, 11) is 0. The number of aliphatic carboxylic acids is 1. The van der Waals surface area contributed by atoms with Crippen molar-refractivity contribution < 1.29 is 23.5 Å². The van der Waals surface area contributed by atoms with E-state index < -0.39 is 23.9 Å². The number of carbonyl (C=O) groups excluding carboxylic acids is 1. The zero-order valence-corrected chi connectivity index (χ0v) is 10.6. The molecule has 1 aliphatic heterocycles. The van der Waals surface area contributed by atoms with Gasteiger partial charge in [0.25, 0.3) is 0 Å². The number of hydrogen-bond donors (Lipinski definition) is 2. The van der Waals surface area contributed by atoms with Gasteiger partial charge in [0, 0.05) is 38.4 Å². The van der Waals surface area contributed by atoms with E-state index in [-0.39, 0.29) is 38.1 Å². The smallest absolute Gasteiger partial charge is 0.327 e. The van der Waals surface area contributed by atoms with Gasteiger partial charge in [-0.25, -0.2) is 13.6 Å². The van der Waals surface area contributed by atoms with Crippen molar-refractivity contribution in [3.05, 3.63) is 0 Å². The second-order valence-corrected chi connectivity index (χ2v) is 5.22. The van der Waals surface area contributed by atoms with Crippen LogP contribution in [0.25, 0.3) is 0 Å². The maximum absolute atomic E-state index is 13.1. The number of halogens is 2. The number of nitrogens with one attached hydrogen (secondary N) is 1. The SMILES string of the molecule is O=C(O)C1CNCCN1C(=O)C1CCC(F)(F)CC1. The normalized spacial score (nSPS) is 28.1. The highest BCUT2D eigenvalue weighted by atomic mass is 19.3. The summed E-state index contributed by atoms with van der Waals surface area (Å²) in [6.07, 6.45) is -0.287.